The molecule has 2 aromatic heterocycles. The molecule has 1 aliphatic rings. The van der Waals surface area contributed by atoms with Gasteiger partial charge < -0.3 is 15.3 Å². The van der Waals surface area contributed by atoms with Gasteiger partial charge in [-0.05, 0) is 25.0 Å². The number of hydrogen-bond acceptors (Lipinski definition) is 5. The molecular formula is C19H23N5O. The van der Waals surface area contributed by atoms with E-state index in [2.05, 4.69) is 21.5 Å². The zero-order valence-electron chi connectivity index (χ0n) is 14.4. The summed E-state index contributed by atoms with van der Waals surface area (Å²) in [6, 6.07) is 10.3. The Morgan fingerprint density at radius 1 is 1.32 bits per heavy atom. The number of nitrogens with one attached hydrogen (secondary N) is 1. The summed E-state index contributed by atoms with van der Waals surface area (Å²) in [6.07, 6.45) is 6.18. The summed E-state index contributed by atoms with van der Waals surface area (Å²) >= 11 is 0. The third-order valence-corrected chi connectivity index (χ3v) is 4.79. The Morgan fingerprint density at radius 3 is 3.00 bits per heavy atom. The lowest BCUT2D eigenvalue weighted by molar-refractivity contribution is 0.282. The third-order valence-electron chi connectivity index (χ3n) is 4.79. The topological polar surface area (TPSA) is 66.2 Å². The van der Waals surface area contributed by atoms with Gasteiger partial charge in [0.2, 0.25) is 0 Å². The van der Waals surface area contributed by atoms with Crippen LogP contribution in [0.15, 0.2) is 42.7 Å². The van der Waals surface area contributed by atoms with Gasteiger partial charge in [0, 0.05) is 43.3 Å². The van der Waals surface area contributed by atoms with Crippen molar-refractivity contribution in [3.63, 3.8) is 0 Å². The van der Waals surface area contributed by atoms with Gasteiger partial charge in [-0.25, -0.2) is 4.98 Å². The van der Waals surface area contributed by atoms with E-state index in [1.807, 2.05) is 48.3 Å². The minimum atomic E-state index is -0.0147. The van der Waals surface area contributed by atoms with Crippen LogP contribution in [0.5, 0.6) is 0 Å². The van der Waals surface area contributed by atoms with E-state index >= 15 is 0 Å². The normalized spacial score (nSPS) is 17.8. The van der Waals surface area contributed by atoms with Gasteiger partial charge in [0.05, 0.1) is 24.0 Å². The molecule has 1 saturated heterocycles. The molecule has 0 radical (unpaired) electrons. The van der Waals surface area contributed by atoms with E-state index in [4.69, 9.17) is 4.98 Å². The SMILES string of the molecule is Cn1cc(N2CCCC(Nc3nc4ccccc4cc3CO)C2)cn1. The van der Waals surface area contributed by atoms with E-state index in [0.717, 1.165) is 53.9 Å². The number of nitrogens with zero attached hydrogens (tertiary/aromatic N) is 4. The van der Waals surface area contributed by atoms with Crippen LogP contribution in [0.2, 0.25) is 0 Å². The number of anilines is 2. The molecule has 1 unspecified atom stereocenters. The first kappa shape index (κ1) is 15.9. The number of fused-ring (bicyclic) bond motifs is 1. The Morgan fingerprint density at radius 2 is 2.20 bits per heavy atom. The summed E-state index contributed by atoms with van der Waals surface area (Å²) in [5.74, 6) is 0.791. The molecule has 6 nitrogen and oxygen atoms in total. The Balaban J connectivity index is 1.55. The first-order valence-corrected chi connectivity index (χ1v) is 8.72. The fourth-order valence-corrected chi connectivity index (χ4v) is 3.50. The van der Waals surface area contributed by atoms with Crippen molar-refractivity contribution < 1.29 is 5.11 Å². The first-order valence-electron chi connectivity index (χ1n) is 8.72. The fraction of sp³-hybridized carbons (Fsp3) is 0.368. The molecule has 0 aliphatic carbocycles. The lowest BCUT2D eigenvalue weighted by Crippen LogP contribution is -2.42. The van der Waals surface area contributed by atoms with Crippen LogP contribution in [-0.4, -0.2) is 39.0 Å². The average Bonchev–Trinajstić information content (AvgIpc) is 3.08. The van der Waals surface area contributed by atoms with E-state index in [-0.39, 0.29) is 6.61 Å². The van der Waals surface area contributed by atoms with Crippen LogP contribution in [0, 0.1) is 0 Å². The largest absolute Gasteiger partial charge is 0.392 e. The molecule has 3 heterocycles. The van der Waals surface area contributed by atoms with E-state index in [9.17, 15) is 5.11 Å². The molecule has 6 heteroatoms. The molecule has 25 heavy (non-hydrogen) atoms. The van der Waals surface area contributed by atoms with Gasteiger partial charge in [-0.15, -0.1) is 0 Å². The quantitative estimate of drug-likeness (QED) is 0.766. The zero-order valence-corrected chi connectivity index (χ0v) is 14.4. The molecule has 1 atom stereocenters. The highest BCUT2D eigenvalue weighted by Crippen LogP contribution is 2.25. The second-order valence-electron chi connectivity index (χ2n) is 6.65. The number of aryl methyl sites for hydroxylation is 1. The molecular weight excluding hydrogens is 314 g/mol. The molecule has 1 fully saturated rings. The molecule has 2 N–H and O–H groups in total. The van der Waals surface area contributed by atoms with Gasteiger partial charge in [-0.3, -0.25) is 4.68 Å². The van der Waals surface area contributed by atoms with Gasteiger partial charge >= 0.3 is 0 Å². The maximum Gasteiger partial charge on any atom is 0.132 e. The zero-order chi connectivity index (χ0) is 17.2. The van der Waals surface area contributed by atoms with Crippen molar-refractivity contribution in [2.45, 2.75) is 25.5 Å². The molecule has 0 spiro atoms. The van der Waals surface area contributed by atoms with Crippen LogP contribution < -0.4 is 10.2 Å². The Bertz CT molecular complexity index is 875. The minimum Gasteiger partial charge on any atom is -0.392 e. The molecule has 3 aromatic rings. The van der Waals surface area contributed by atoms with E-state index in [1.54, 1.807) is 0 Å². The van der Waals surface area contributed by atoms with Crippen molar-refractivity contribution >= 4 is 22.4 Å². The van der Waals surface area contributed by atoms with Gasteiger partial charge in [-0.2, -0.15) is 5.10 Å². The maximum absolute atomic E-state index is 9.74. The van der Waals surface area contributed by atoms with Crippen molar-refractivity contribution in [1.29, 1.82) is 0 Å². The highest BCUT2D eigenvalue weighted by atomic mass is 16.3. The number of aliphatic hydroxyl groups excluding tert-OH is 1. The summed E-state index contributed by atoms with van der Waals surface area (Å²) in [4.78, 5) is 7.09. The highest BCUT2D eigenvalue weighted by molar-refractivity contribution is 5.81. The fourth-order valence-electron chi connectivity index (χ4n) is 3.50. The van der Waals surface area contributed by atoms with Gasteiger partial charge in [0.1, 0.15) is 5.82 Å². The van der Waals surface area contributed by atoms with E-state index < -0.39 is 0 Å². The van der Waals surface area contributed by atoms with Crippen molar-refractivity contribution in [3.8, 4) is 0 Å². The van der Waals surface area contributed by atoms with Crippen LogP contribution in [0.25, 0.3) is 10.9 Å². The lowest BCUT2D eigenvalue weighted by atomic mass is 10.0. The molecule has 1 aliphatic heterocycles. The van der Waals surface area contributed by atoms with Gasteiger partial charge in [0.15, 0.2) is 0 Å². The third kappa shape index (κ3) is 3.30. The number of piperidine rings is 1. The number of benzene rings is 1. The smallest absolute Gasteiger partial charge is 0.132 e. The number of rotatable bonds is 4. The van der Waals surface area contributed by atoms with Crippen LogP contribution >= 0.6 is 0 Å². The van der Waals surface area contributed by atoms with Crippen molar-refractivity contribution in [2.75, 3.05) is 23.3 Å². The number of para-hydroxylation sites is 1. The Kier molecular flexibility index (Phi) is 4.28. The highest BCUT2D eigenvalue weighted by Gasteiger charge is 2.22. The van der Waals surface area contributed by atoms with Gasteiger partial charge in [0.25, 0.3) is 0 Å². The van der Waals surface area contributed by atoms with Crippen LogP contribution in [0.3, 0.4) is 0 Å². The predicted octanol–water partition coefficient (Wildman–Crippen LogP) is 2.54. The monoisotopic (exact) mass is 337 g/mol. The predicted molar refractivity (Wildman–Crippen MR) is 99.7 cm³/mol. The molecule has 0 saturated carbocycles. The summed E-state index contributed by atoms with van der Waals surface area (Å²) in [5, 5.41) is 18.6. The summed E-state index contributed by atoms with van der Waals surface area (Å²) in [6.45, 7) is 1.94. The average molecular weight is 337 g/mol. The second kappa shape index (κ2) is 6.72. The van der Waals surface area contributed by atoms with Crippen molar-refractivity contribution in [3.05, 3.63) is 48.3 Å². The molecule has 0 amide bonds. The van der Waals surface area contributed by atoms with E-state index in [0.29, 0.717) is 6.04 Å². The van der Waals surface area contributed by atoms with Crippen LogP contribution in [-0.2, 0) is 13.7 Å². The summed E-state index contributed by atoms with van der Waals surface area (Å²) < 4.78 is 1.83. The number of hydrogen-bond donors (Lipinski definition) is 2. The Hall–Kier alpha value is -2.60. The molecule has 1 aromatic carbocycles. The lowest BCUT2D eigenvalue weighted by Gasteiger charge is -2.34. The second-order valence-corrected chi connectivity index (χ2v) is 6.65. The first-order chi connectivity index (χ1) is 12.2. The van der Waals surface area contributed by atoms with Crippen molar-refractivity contribution in [2.24, 2.45) is 7.05 Å². The number of aromatic nitrogens is 3. The Labute approximate surface area is 147 Å². The summed E-state index contributed by atoms with van der Waals surface area (Å²) in [5.41, 5.74) is 2.95. The van der Waals surface area contributed by atoms with E-state index in [1.165, 1.54) is 0 Å². The standard InChI is InChI=1S/C19H23N5O/c1-23-12-17(10-20-23)24-8-4-6-16(11-24)21-19-15(13-25)9-14-5-2-3-7-18(14)22-19/h2-3,5,7,9-10,12,16,25H,4,6,8,11,13H2,1H3,(H,21,22). The minimum absolute atomic E-state index is 0.0147. The number of aliphatic hydroxyl groups is 1. The van der Waals surface area contributed by atoms with Crippen LogP contribution in [0.1, 0.15) is 18.4 Å². The summed E-state index contributed by atoms with van der Waals surface area (Å²) in [7, 11) is 1.94. The maximum atomic E-state index is 9.74. The molecule has 130 valence electrons. The number of pyridine rings is 1. The van der Waals surface area contributed by atoms with Crippen LogP contribution in [0.4, 0.5) is 11.5 Å². The van der Waals surface area contributed by atoms with Gasteiger partial charge in [-0.1, -0.05) is 18.2 Å². The van der Waals surface area contributed by atoms with Crippen molar-refractivity contribution in [1.82, 2.24) is 14.8 Å². The molecule has 0 bridgehead atoms. The molecule has 4 rings (SSSR count).